The number of hydrogen-bond acceptors (Lipinski definition) is 3. The van der Waals surface area contributed by atoms with E-state index in [1.165, 1.54) is 6.07 Å². The van der Waals surface area contributed by atoms with E-state index in [1.54, 1.807) is 24.3 Å². The SMILES string of the molecule is CCOc1ccc(CC(=O)c2ccccc2)c(O)c1. The Hall–Kier alpha value is -2.29. The maximum atomic E-state index is 12.0. The Bertz CT molecular complexity index is 561. The van der Waals surface area contributed by atoms with Gasteiger partial charge in [-0.1, -0.05) is 36.4 Å². The molecule has 0 saturated carbocycles. The zero-order valence-electron chi connectivity index (χ0n) is 10.8. The zero-order valence-corrected chi connectivity index (χ0v) is 10.8. The molecule has 1 N–H and O–H groups in total. The normalized spacial score (nSPS) is 10.2. The number of ether oxygens (including phenoxy) is 1. The molecule has 0 radical (unpaired) electrons. The van der Waals surface area contributed by atoms with Crippen LogP contribution in [0.3, 0.4) is 0 Å². The van der Waals surface area contributed by atoms with Crippen molar-refractivity contribution in [2.45, 2.75) is 13.3 Å². The summed E-state index contributed by atoms with van der Waals surface area (Å²) >= 11 is 0. The Labute approximate surface area is 112 Å². The predicted octanol–water partition coefficient (Wildman–Crippen LogP) is 3.22. The zero-order chi connectivity index (χ0) is 13.7. The van der Waals surface area contributed by atoms with Gasteiger partial charge < -0.3 is 9.84 Å². The Balaban J connectivity index is 2.13. The van der Waals surface area contributed by atoms with Gasteiger partial charge in [0.15, 0.2) is 5.78 Å². The molecule has 2 rings (SSSR count). The van der Waals surface area contributed by atoms with Crippen molar-refractivity contribution in [3.8, 4) is 11.5 Å². The average molecular weight is 256 g/mol. The van der Waals surface area contributed by atoms with Crippen molar-refractivity contribution in [1.29, 1.82) is 0 Å². The molecule has 0 bridgehead atoms. The van der Waals surface area contributed by atoms with Gasteiger partial charge >= 0.3 is 0 Å². The van der Waals surface area contributed by atoms with Crippen LogP contribution in [0.15, 0.2) is 48.5 Å². The molecule has 0 atom stereocenters. The second kappa shape index (κ2) is 6.05. The molecule has 19 heavy (non-hydrogen) atoms. The molecular formula is C16H16O3. The molecule has 0 aliphatic carbocycles. The van der Waals surface area contributed by atoms with E-state index in [2.05, 4.69) is 0 Å². The number of phenols is 1. The Morgan fingerprint density at radius 1 is 1.16 bits per heavy atom. The summed E-state index contributed by atoms with van der Waals surface area (Å²) in [5.41, 5.74) is 1.26. The van der Waals surface area contributed by atoms with Crippen LogP contribution < -0.4 is 4.74 Å². The number of ketones is 1. The van der Waals surface area contributed by atoms with Crippen molar-refractivity contribution in [3.05, 3.63) is 59.7 Å². The van der Waals surface area contributed by atoms with Crippen molar-refractivity contribution < 1.29 is 14.6 Å². The van der Waals surface area contributed by atoms with E-state index in [-0.39, 0.29) is 18.0 Å². The van der Waals surface area contributed by atoms with Gasteiger partial charge in [-0.25, -0.2) is 0 Å². The lowest BCUT2D eigenvalue weighted by atomic mass is 10.0. The van der Waals surface area contributed by atoms with Crippen LogP contribution in [0.5, 0.6) is 11.5 Å². The molecule has 2 aromatic carbocycles. The molecule has 3 heteroatoms. The number of Topliss-reactive ketones (excluding diaryl/α,β-unsaturated/α-hetero) is 1. The van der Waals surface area contributed by atoms with Gasteiger partial charge in [0.05, 0.1) is 6.61 Å². The molecule has 0 heterocycles. The lowest BCUT2D eigenvalue weighted by molar-refractivity contribution is 0.0992. The second-order valence-electron chi connectivity index (χ2n) is 4.19. The highest BCUT2D eigenvalue weighted by atomic mass is 16.5. The van der Waals surface area contributed by atoms with Crippen LogP contribution in [-0.2, 0) is 6.42 Å². The molecule has 0 aliphatic heterocycles. The van der Waals surface area contributed by atoms with Crippen LogP contribution in [0.1, 0.15) is 22.8 Å². The summed E-state index contributed by atoms with van der Waals surface area (Å²) < 4.78 is 5.29. The van der Waals surface area contributed by atoms with E-state index in [9.17, 15) is 9.90 Å². The molecule has 0 aromatic heterocycles. The van der Waals surface area contributed by atoms with E-state index in [1.807, 2.05) is 25.1 Å². The molecule has 0 spiro atoms. The van der Waals surface area contributed by atoms with Gasteiger partial charge in [0, 0.05) is 23.6 Å². The first kappa shape index (κ1) is 13.1. The highest BCUT2D eigenvalue weighted by Gasteiger charge is 2.10. The minimum atomic E-state index is -0.0138. The molecule has 0 saturated heterocycles. The number of carbonyl (C=O) groups excluding carboxylic acids is 1. The van der Waals surface area contributed by atoms with E-state index < -0.39 is 0 Å². The third kappa shape index (κ3) is 3.35. The van der Waals surface area contributed by atoms with Gasteiger partial charge in [0.1, 0.15) is 11.5 Å². The molecule has 2 aromatic rings. The van der Waals surface area contributed by atoms with Gasteiger partial charge in [0.2, 0.25) is 0 Å². The predicted molar refractivity (Wildman–Crippen MR) is 73.8 cm³/mol. The second-order valence-corrected chi connectivity index (χ2v) is 4.19. The lowest BCUT2D eigenvalue weighted by Gasteiger charge is -2.07. The van der Waals surface area contributed by atoms with Crippen LogP contribution in [0.2, 0.25) is 0 Å². The summed E-state index contributed by atoms with van der Waals surface area (Å²) in [5, 5.41) is 9.88. The van der Waals surface area contributed by atoms with Crippen LogP contribution in [-0.4, -0.2) is 17.5 Å². The van der Waals surface area contributed by atoms with Crippen LogP contribution in [0.4, 0.5) is 0 Å². The third-order valence-electron chi connectivity index (χ3n) is 2.81. The Kier molecular flexibility index (Phi) is 4.18. The number of carbonyl (C=O) groups is 1. The molecular weight excluding hydrogens is 240 g/mol. The molecule has 3 nitrogen and oxygen atoms in total. The van der Waals surface area contributed by atoms with Gasteiger partial charge in [0.25, 0.3) is 0 Å². The summed E-state index contributed by atoms with van der Waals surface area (Å²) in [6, 6.07) is 14.1. The molecule has 0 unspecified atom stereocenters. The number of rotatable bonds is 5. The summed E-state index contributed by atoms with van der Waals surface area (Å²) in [6.07, 6.45) is 0.183. The fraction of sp³-hybridized carbons (Fsp3) is 0.188. The quantitative estimate of drug-likeness (QED) is 0.835. The highest BCUT2D eigenvalue weighted by Crippen LogP contribution is 2.24. The Morgan fingerprint density at radius 3 is 2.53 bits per heavy atom. The standard InChI is InChI=1S/C16H16O3/c1-2-19-14-9-8-13(16(18)11-14)10-15(17)12-6-4-3-5-7-12/h3-9,11,18H,2,10H2,1H3. The van der Waals surface area contributed by atoms with Crippen LogP contribution in [0, 0.1) is 0 Å². The minimum Gasteiger partial charge on any atom is -0.508 e. The van der Waals surface area contributed by atoms with Crippen molar-refractivity contribution in [3.63, 3.8) is 0 Å². The molecule has 0 amide bonds. The van der Waals surface area contributed by atoms with Crippen molar-refractivity contribution in [2.75, 3.05) is 6.61 Å². The lowest BCUT2D eigenvalue weighted by Crippen LogP contribution is -2.03. The largest absolute Gasteiger partial charge is 0.508 e. The summed E-state index contributed by atoms with van der Waals surface area (Å²) in [6.45, 7) is 2.42. The third-order valence-corrected chi connectivity index (χ3v) is 2.81. The van der Waals surface area contributed by atoms with Gasteiger partial charge in [-0.2, -0.15) is 0 Å². The monoisotopic (exact) mass is 256 g/mol. The number of hydrogen-bond donors (Lipinski definition) is 1. The minimum absolute atomic E-state index is 0.0138. The fourth-order valence-corrected chi connectivity index (χ4v) is 1.85. The van der Waals surface area contributed by atoms with E-state index in [0.29, 0.717) is 23.5 Å². The first-order chi connectivity index (χ1) is 9.20. The van der Waals surface area contributed by atoms with Gasteiger partial charge in [-0.15, -0.1) is 0 Å². The van der Waals surface area contributed by atoms with Crippen molar-refractivity contribution >= 4 is 5.78 Å². The molecule has 98 valence electrons. The number of benzene rings is 2. The van der Waals surface area contributed by atoms with Crippen molar-refractivity contribution in [2.24, 2.45) is 0 Å². The van der Waals surface area contributed by atoms with E-state index in [0.717, 1.165) is 0 Å². The van der Waals surface area contributed by atoms with Gasteiger partial charge in [-0.3, -0.25) is 4.79 Å². The van der Waals surface area contributed by atoms with Crippen molar-refractivity contribution in [1.82, 2.24) is 0 Å². The number of aromatic hydroxyl groups is 1. The topological polar surface area (TPSA) is 46.5 Å². The Morgan fingerprint density at radius 2 is 1.89 bits per heavy atom. The van der Waals surface area contributed by atoms with Crippen LogP contribution in [0.25, 0.3) is 0 Å². The van der Waals surface area contributed by atoms with Gasteiger partial charge in [-0.05, 0) is 13.0 Å². The maximum absolute atomic E-state index is 12.0. The summed E-state index contributed by atoms with van der Waals surface area (Å²) in [7, 11) is 0. The average Bonchev–Trinajstić information content (AvgIpc) is 2.43. The molecule has 0 aliphatic rings. The van der Waals surface area contributed by atoms with Crippen LogP contribution >= 0.6 is 0 Å². The first-order valence-electron chi connectivity index (χ1n) is 6.23. The number of phenolic OH excluding ortho intramolecular Hbond substituents is 1. The summed E-state index contributed by atoms with van der Waals surface area (Å²) in [4.78, 5) is 12.0. The van der Waals surface area contributed by atoms with E-state index in [4.69, 9.17) is 4.74 Å². The fourth-order valence-electron chi connectivity index (χ4n) is 1.85. The molecule has 0 fully saturated rings. The highest BCUT2D eigenvalue weighted by molar-refractivity contribution is 5.97. The summed E-state index contributed by atoms with van der Waals surface area (Å²) in [5.74, 6) is 0.686. The maximum Gasteiger partial charge on any atom is 0.167 e. The van der Waals surface area contributed by atoms with E-state index >= 15 is 0 Å². The smallest absolute Gasteiger partial charge is 0.167 e. The first-order valence-corrected chi connectivity index (χ1v) is 6.23.